The van der Waals surface area contributed by atoms with Crippen LogP contribution in [0, 0.1) is 30.4 Å². The van der Waals surface area contributed by atoms with E-state index in [4.69, 9.17) is 14.1 Å². The smallest absolute Gasteiger partial charge is 0.249 e. The highest BCUT2D eigenvalue weighted by atomic mass is 32.2. The molecule has 2 fully saturated rings. The number of aryl methyl sites for hydroxylation is 2. The number of hydrogen-bond acceptors (Lipinski definition) is 8. The number of halogens is 2. The van der Waals surface area contributed by atoms with Gasteiger partial charge in [0.15, 0.2) is 21.5 Å². The zero-order chi connectivity index (χ0) is 31.9. The fourth-order valence-corrected chi connectivity index (χ4v) is 9.38. The van der Waals surface area contributed by atoms with E-state index in [1.165, 1.54) is 6.07 Å². The Bertz CT molecular complexity index is 1680. The molecule has 3 aromatic rings. The molecule has 1 aromatic carbocycles. The van der Waals surface area contributed by atoms with Gasteiger partial charge in [-0.05, 0) is 79.5 Å². The summed E-state index contributed by atoms with van der Waals surface area (Å²) >= 11 is 0. The number of rotatable bonds is 8. The van der Waals surface area contributed by atoms with E-state index in [2.05, 4.69) is 10.2 Å². The van der Waals surface area contributed by atoms with Crippen LogP contribution in [0.4, 0.5) is 8.78 Å². The summed E-state index contributed by atoms with van der Waals surface area (Å²) in [6, 6.07) is 3.50. The second-order valence-electron chi connectivity index (χ2n) is 13.0. The van der Waals surface area contributed by atoms with Gasteiger partial charge in [0.2, 0.25) is 17.7 Å². The number of benzene rings is 1. The van der Waals surface area contributed by atoms with Crippen molar-refractivity contribution < 1.29 is 31.1 Å². The number of nitrogens with zero attached hydrogens (tertiary/aromatic N) is 4. The number of hydrogen-bond donors (Lipinski definition) is 0. The van der Waals surface area contributed by atoms with Crippen molar-refractivity contribution in [1.29, 1.82) is 0 Å². The van der Waals surface area contributed by atoms with Gasteiger partial charge in [-0.2, -0.15) is 0 Å². The number of amides is 1. The minimum absolute atomic E-state index is 0.0112. The summed E-state index contributed by atoms with van der Waals surface area (Å²) in [7, 11) is -3.65. The zero-order valence-corrected chi connectivity index (χ0v) is 26.8. The average Bonchev–Trinajstić information content (AvgIpc) is 3.57. The molecular weight excluding hydrogens is 602 g/mol. The molecule has 1 unspecified atom stereocenters. The van der Waals surface area contributed by atoms with Crippen LogP contribution < -0.4 is 0 Å². The molecule has 2 saturated heterocycles. The van der Waals surface area contributed by atoms with Gasteiger partial charge in [0, 0.05) is 39.1 Å². The summed E-state index contributed by atoms with van der Waals surface area (Å²) in [5.74, 6) is -1.28. The quantitative estimate of drug-likeness (QED) is 0.314. The predicted octanol–water partition coefficient (Wildman–Crippen LogP) is 5.55. The van der Waals surface area contributed by atoms with Gasteiger partial charge in [-0.15, -0.1) is 10.2 Å². The minimum atomic E-state index is -3.65. The van der Waals surface area contributed by atoms with Gasteiger partial charge >= 0.3 is 0 Å². The number of likely N-dealkylation sites (tertiary alicyclic amines) is 1. The maximum absolute atomic E-state index is 13.9. The van der Waals surface area contributed by atoms with Crippen molar-refractivity contribution in [3.8, 4) is 11.5 Å². The van der Waals surface area contributed by atoms with Crippen molar-refractivity contribution >= 4 is 15.7 Å². The highest BCUT2D eigenvalue weighted by molar-refractivity contribution is 7.91. The number of ether oxygens (including phenoxy) is 1. The number of sulfone groups is 1. The van der Waals surface area contributed by atoms with Crippen LogP contribution >= 0.6 is 0 Å². The number of fused-ring (bicyclic) bond motifs is 1. The Kier molecular flexibility index (Phi) is 9.07. The van der Waals surface area contributed by atoms with Gasteiger partial charge in [-0.1, -0.05) is 19.9 Å². The van der Waals surface area contributed by atoms with Crippen LogP contribution in [-0.2, 0) is 32.2 Å². The molecule has 45 heavy (non-hydrogen) atoms. The molecule has 3 aliphatic heterocycles. The van der Waals surface area contributed by atoms with Crippen LogP contribution in [0.5, 0.6) is 0 Å². The lowest BCUT2D eigenvalue weighted by molar-refractivity contribution is -0.131. The number of aromatic nitrogens is 3. The molecule has 0 aliphatic carbocycles. The SMILES string of the molecule is Cc1nnc(-c2c(CCC3CCOCC3)nc3c(c2C2CCN(C(=O)Cc4ccc(F)c(F)c4)CC2)S(=O)(=O)CC3C(C)C)o1. The number of carbonyl (C=O) groups excluding carboxylic acids is 1. The summed E-state index contributed by atoms with van der Waals surface area (Å²) in [4.78, 5) is 20.3. The Balaban J connectivity index is 1.37. The molecule has 5 heterocycles. The third kappa shape index (κ3) is 6.54. The monoisotopic (exact) mass is 642 g/mol. The van der Waals surface area contributed by atoms with Gasteiger partial charge < -0.3 is 14.1 Å². The summed E-state index contributed by atoms with van der Waals surface area (Å²) in [5.41, 5.74) is 3.15. The molecule has 6 rings (SSSR count). The van der Waals surface area contributed by atoms with E-state index in [-0.39, 0.29) is 41.7 Å². The number of carbonyl (C=O) groups is 1. The zero-order valence-electron chi connectivity index (χ0n) is 26.0. The standard InChI is InChI=1S/C33H40F2N4O5S/c1-19(2)24-18-45(41,42)32-29(23-8-12-39(13-9-23)28(40)17-22-4-6-25(34)26(35)16-22)30(33-38-37-20(3)44-33)27(36-31(24)32)7-5-21-10-14-43-15-11-21/h4,6,16,19,21,23-24H,5,7-15,17-18H2,1-3H3. The largest absolute Gasteiger partial charge is 0.421 e. The van der Waals surface area contributed by atoms with E-state index in [0.717, 1.165) is 50.3 Å². The Morgan fingerprint density at radius 3 is 2.44 bits per heavy atom. The lowest BCUT2D eigenvalue weighted by Crippen LogP contribution is -2.39. The van der Waals surface area contributed by atoms with Gasteiger partial charge in [0.1, 0.15) is 0 Å². The van der Waals surface area contributed by atoms with E-state index in [0.29, 0.717) is 71.4 Å². The number of pyridine rings is 1. The highest BCUT2D eigenvalue weighted by Gasteiger charge is 2.44. The number of piperidine rings is 1. The van der Waals surface area contributed by atoms with E-state index in [1.54, 1.807) is 11.8 Å². The summed E-state index contributed by atoms with van der Waals surface area (Å²) < 4.78 is 66.5. The van der Waals surface area contributed by atoms with Gasteiger partial charge in [-0.3, -0.25) is 9.78 Å². The minimum Gasteiger partial charge on any atom is -0.421 e. The van der Waals surface area contributed by atoms with Gasteiger partial charge in [0.05, 0.1) is 34.0 Å². The van der Waals surface area contributed by atoms with Crippen molar-refractivity contribution in [2.75, 3.05) is 32.1 Å². The molecule has 0 N–H and O–H groups in total. The van der Waals surface area contributed by atoms with Crippen molar-refractivity contribution in [2.45, 2.75) is 82.4 Å². The first-order chi connectivity index (χ1) is 21.5. The fourth-order valence-electron chi connectivity index (χ4n) is 7.08. The topological polar surface area (TPSA) is 115 Å². The maximum atomic E-state index is 13.9. The molecule has 2 aromatic heterocycles. The molecule has 3 aliphatic rings. The van der Waals surface area contributed by atoms with Gasteiger partial charge in [-0.25, -0.2) is 17.2 Å². The van der Waals surface area contributed by atoms with Crippen LogP contribution in [0.25, 0.3) is 11.5 Å². The molecule has 1 amide bonds. The third-order valence-corrected chi connectivity index (χ3v) is 11.5. The van der Waals surface area contributed by atoms with Crippen LogP contribution in [0.2, 0.25) is 0 Å². The van der Waals surface area contributed by atoms with Crippen molar-refractivity contribution in [3.63, 3.8) is 0 Å². The first-order valence-electron chi connectivity index (χ1n) is 15.9. The predicted molar refractivity (Wildman–Crippen MR) is 162 cm³/mol. The van der Waals surface area contributed by atoms with E-state index >= 15 is 0 Å². The van der Waals surface area contributed by atoms with E-state index in [1.807, 2.05) is 13.8 Å². The summed E-state index contributed by atoms with van der Waals surface area (Å²) in [5, 5.41) is 8.45. The lowest BCUT2D eigenvalue weighted by Gasteiger charge is -2.34. The highest BCUT2D eigenvalue weighted by Crippen LogP contribution is 2.48. The van der Waals surface area contributed by atoms with Crippen LogP contribution in [0.1, 0.15) is 86.2 Å². The van der Waals surface area contributed by atoms with E-state index in [9.17, 15) is 22.0 Å². The first-order valence-corrected chi connectivity index (χ1v) is 17.6. The summed E-state index contributed by atoms with van der Waals surface area (Å²) in [6.45, 7) is 8.06. The van der Waals surface area contributed by atoms with Crippen LogP contribution in [0.15, 0.2) is 27.5 Å². The second kappa shape index (κ2) is 12.9. The van der Waals surface area contributed by atoms with Crippen molar-refractivity contribution in [3.05, 3.63) is 58.2 Å². The molecule has 0 saturated carbocycles. The van der Waals surface area contributed by atoms with Crippen LogP contribution in [0.3, 0.4) is 0 Å². The molecular formula is C33H40F2N4O5S. The Labute approximate surface area is 262 Å². The van der Waals surface area contributed by atoms with E-state index < -0.39 is 21.5 Å². The molecule has 0 radical (unpaired) electrons. The molecule has 1 atom stereocenters. The molecule has 0 spiro atoms. The van der Waals surface area contributed by atoms with Gasteiger partial charge in [0.25, 0.3) is 0 Å². The first kappa shape index (κ1) is 31.7. The Morgan fingerprint density at radius 1 is 1.07 bits per heavy atom. The fraction of sp³-hybridized carbons (Fsp3) is 0.576. The normalized spacial score (nSPS) is 20.6. The van der Waals surface area contributed by atoms with Crippen molar-refractivity contribution in [1.82, 2.24) is 20.1 Å². The van der Waals surface area contributed by atoms with Crippen LogP contribution in [-0.4, -0.2) is 66.5 Å². The second-order valence-corrected chi connectivity index (χ2v) is 15.0. The summed E-state index contributed by atoms with van der Waals surface area (Å²) in [6.07, 6.45) is 4.52. The molecule has 9 nitrogen and oxygen atoms in total. The van der Waals surface area contributed by atoms with Crippen molar-refractivity contribution in [2.24, 2.45) is 11.8 Å². The Morgan fingerprint density at radius 2 is 1.80 bits per heavy atom. The maximum Gasteiger partial charge on any atom is 0.249 e. The lowest BCUT2D eigenvalue weighted by atomic mass is 9.82. The molecule has 0 bridgehead atoms. The Hall–Kier alpha value is -3.25. The molecule has 12 heteroatoms. The average molecular weight is 643 g/mol. The molecule has 242 valence electrons. The third-order valence-electron chi connectivity index (χ3n) is 9.62.